The topological polar surface area (TPSA) is 52.0 Å². The van der Waals surface area contributed by atoms with Crippen LogP contribution in [0.5, 0.6) is 5.75 Å². The molecular formula is C25H36N4O. The lowest BCUT2D eigenvalue weighted by atomic mass is 10.0. The van der Waals surface area contributed by atoms with Gasteiger partial charge in [-0.15, -0.1) is 5.10 Å². The zero-order valence-electron chi connectivity index (χ0n) is 19.2. The van der Waals surface area contributed by atoms with Crippen molar-refractivity contribution in [3.63, 3.8) is 0 Å². The molecule has 1 aromatic heterocycles. The van der Waals surface area contributed by atoms with Crippen molar-refractivity contribution in [2.75, 3.05) is 13.7 Å². The second-order valence-electron chi connectivity index (χ2n) is 8.10. The molecule has 30 heavy (non-hydrogen) atoms. The van der Waals surface area contributed by atoms with E-state index in [1.54, 1.807) is 0 Å². The number of ether oxygens (including phenoxy) is 1. The van der Waals surface area contributed by atoms with Crippen LogP contribution in [0, 0.1) is 6.92 Å². The number of benzene rings is 2. The molecular weight excluding hydrogens is 372 g/mol. The van der Waals surface area contributed by atoms with Gasteiger partial charge < -0.3 is 10.1 Å². The summed E-state index contributed by atoms with van der Waals surface area (Å²) in [7, 11) is 1.95. The van der Waals surface area contributed by atoms with E-state index < -0.39 is 0 Å². The van der Waals surface area contributed by atoms with E-state index in [1.807, 2.05) is 30.1 Å². The van der Waals surface area contributed by atoms with Crippen LogP contribution in [0.4, 0.5) is 0 Å². The largest absolute Gasteiger partial charge is 0.494 e. The molecule has 3 rings (SSSR count). The Kier molecular flexibility index (Phi) is 9.55. The average molecular weight is 409 g/mol. The van der Waals surface area contributed by atoms with Crippen LogP contribution in [0.15, 0.2) is 54.7 Å². The first kappa shape index (κ1) is 23.6. The minimum atomic E-state index is 0.540. The van der Waals surface area contributed by atoms with Crippen LogP contribution in [-0.2, 0) is 6.54 Å². The van der Waals surface area contributed by atoms with E-state index in [0.717, 1.165) is 30.0 Å². The van der Waals surface area contributed by atoms with Crippen molar-refractivity contribution >= 4 is 0 Å². The second kappa shape index (κ2) is 12.1. The number of hydrogen-bond acceptors (Lipinski definition) is 4. The standard InChI is InChI=1S/C21H25N3O.C4H11N/c1-16(2)18-7-9-19(10-8-18)21-15-24(23-22-21)13-4-14-25-20-11-5-17(3)6-12-20;1-4(2)5-3/h5-12,15-16H,4,13-14H2,1-3H3;4-5H,1-3H3. The normalized spacial score (nSPS) is 10.8. The zero-order valence-corrected chi connectivity index (χ0v) is 19.2. The van der Waals surface area contributed by atoms with Gasteiger partial charge in [0, 0.05) is 24.6 Å². The van der Waals surface area contributed by atoms with Crippen molar-refractivity contribution in [3.8, 4) is 17.0 Å². The Labute approximate surface area is 181 Å². The third kappa shape index (κ3) is 7.99. The molecule has 1 heterocycles. The molecule has 0 aliphatic carbocycles. The van der Waals surface area contributed by atoms with Gasteiger partial charge in [-0.1, -0.05) is 74.9 Å². The van der Waals surface area contributed by atoms with E-state index in [2.05, 4.69) is 86.6 Å². The van der Waals surface area contributed by atoms with Crippen LogP contribution in [-0.4, -0.2) is 34.7 Å². The Morgan fingerprint density at radius 2 is 1.60 bits per heavy atom. The third-order valence-electron chi connectivity index (χ3n) is 4.81. The molecule has 0 aliphatic heterocycles. The molecule has 1 N–H and O–H groups in total. The summed E-state index contributed by atoms with van der Waals surface area (Å²) in [5, 5.41) is 11.5. The van der Waals surface area contributed by atoms with Gasteiger partial charge in [0.25, 0.3) is 0 Å². The summed E-state index contributed by atoms with van der Waals surface area (Å²) < 4.78 is 7.63. The molecule has 0 radical (unpaired) electrons. The first-order valence-corrected chi connectivity index (χ1v) is 10.8. The number of hydrogen-bond donors (Lipinski definition) is 1. The summed E-state index contributed by atoms with van der Waals surface area (Å²) in [6, 6.07) is 17.3. The molecule has 162 valence electrons. The van der Waals surface area contributed by atoms with E-state index in [1.165, 1.54) is 11.1 Å². The van der Waals surface area contributed by atoms with Crippen molar-refractivity contribution in [1.82, 2.24) is 20.3 Å². The maximum absolute atomic E-state index is 5.75. The number of rotatable bonds is 8. The molecule has 3 aromatic rings. The smallest absolute Gasteiger partial charge is 0.119 e. The van der Waals surface area contributed by atoms with Gasteiger partial charge in [0.1, 0.15) is 11.4 Å². The fourth-order valence-electron chi connectivity index (χ4n) is 2.63. The highest BCUT2D eigenvalue weighted by molar-refractivity contribution is 5.58. The summed E-state index contributed by atoms with van der Waals surface area (Å²) in [5.74, 6) is 1.45. The molecule has 0 saturated heterocycles. The van der Waals surface area contributed by atoms with Crippen LogP contribution >= 0.6 is 0 Å². The first-order chi connectivity index (χ1) is 14.4. The molecule has 0 unspecified atom stereocenters. The van der Waals surface area contributed by atoms with Gasteiger partial charge in [-0.2, -0.15) is 0 Å². The average Bonchev–Trinajstić information content (AvgIpc) is 3.22. The van der Waals surface area contributed by atoms with Gasteiger partial charge in [-0.25, -0.2) is 0 Å². The lowest BCUT2D eigenvalue weighted by Gasteiger charge is -2.06. The monoisotopic (exact) mass is 408 g/mol. The van der Waals surface area contributed by atoms with E-state index in [9.17, 15) is 0 Å². The Bertz CT molecular complexity index is 852. The highest BCUT2D eigenvalue weighted by atomic mass is 16.5. The fourth-order valence-corrected chi connectivity index (χ4v) is 2.63. The first-order valence-electron chi connectivity index (χ1n) is 10.8. The molecule has 0 fully saturated rings. The van der Waals surface area contributed by atoms with Crippen LogP contribution in [0.3, 0.4) is 0 Å². The summed E-state index contributed by atoms with van der Waals surface area (Å²) >= 11 is 0. The van der Waals surface area contributed by atoms with E-state index in [4.69, 9.17) is 4.74 Å². The molecule has 0 spiro atoms. The molecule has 0 saturated carbocycles. The predicted molar refractivity (Wildman–Crippen MR) is 125 cm³/mol. The Morgan fingerprint density at radius 1 is 0.967 bits per heavy atom. The number of aryl methyl sites for hydroxylation is 2. The van der Waals surface area contributed by atoms with Crippen LogP contribution in [0.1, 0.15) is 51.2 Å². The maximum atomic E-state index is 5.75. The lowest BCUT2D eigenvalue weighted by molar-refractivity contribution is 0.298. The summed E-state index contributed by atoms with van der Waals surface area (Å²) in [5.41, 5.74) is 4.59. The highest BCUT2D eigenvalue weighted by Crippen LogP contribution is 2.20. The number of aromatic nitrogens is 3. The van der Waals surface area contributed by atoms with E-state index in [-0.39, 0.29) is 0 Å². The molecule has 2 aromatic carbocycles. The molecule has 5 nitrogen and oxygen atoms in total. The Hall–Kier alpha value is -2.66. The summed E-state index contributed by atoms with van der Waals surface area (Å²) in [6.07, 6.45) is 2.89. The van der Waals surface area contributed by atoms with Gasteiger partial charge in [0.15, 0.2) is 0 Å². The van der Waals surface area contributed by atoms with Gasteiger partial charge in [0.05, 0.1) is 12.8 Å². The number of nitrogens with zero attached hydrogens (tertiary/aromatic N) is 3. The minimum absolute atomic E-state index is 0.540. The van der Waals surface area contributed by atoms with Crippen LogP contribution < -0.4 is 10.1 Å². The number of nitrogens with one attached hydrogen (secondary N) is 1. The maximum Gasteiger partial charge on any atom is 0.119 e. The zero-order chi connectivity index (χ0) is 21.9. The third-order valence-corrected chi connectivity index (χ3v) is 4.81. The van der Waals surface area contributed by atoms with Crippen molar-refractivity contribution < 1.29 is 4.74 Å². The lowest BCUT2D eigenvalue weighted by Crippen LogP contribution is -2.15. The van der Waals surface area contributed by atoms with Crippen molar-refractivity contribution in [1.29, 1.82) is 0 Å². The Morgan fingerprint density at radius 3 is 2.17 bits per heavy atom. The quantitative estimate of drug-likeness (QED) is 0.503. The van der Waals surface area contributed by atoms with Crippen LogP contribution in [0.2, 0.25) is 0 Å². The van der Waals surface area contributed by atoms with Crippen molar-refractivity contribution in [3.05, 3.63) is 65.9 Å². The van der Waals surface area contributed by atoms with E-state index >= 15 is 0 Å². The van der Waals surface area contributed by atoms with Gasteiger partial charge in [-0.3, -0.25) is 4.68 Å². The van der Waals surface area contributed by atoms with E-state index in [0.29, 0.717) is 18.6 Å². The van der Waals surface area contributed by atoms with Gasteiger partial charge >= 0.3 is 0 Å². The highest BCUT2D eigenvalue weighted by Gasteiger charge is 2.05. The predicted octanol–water partition coefficient (Wildman–Crippen LogP) is 5.46. The van der Waals surface area contributed by atoms with Crippen molar-refractivity contribution in [2.45, 2.75) is 59.5 Å². The summed E-state index contributed by atoms with van der Waals surface area (Å²) in [6.45, 7) is 12.2. The molecule has 0 bridgehead atoms. The second-order valence-corrected chi connectivity index (χ2v) is 8.10. The fraction of sp³-hybridized carbons (Fsp3) is 0.440. The molecule has 5 heteroatoms. The van der Waals surface area contributed by atoms with Gasteiger partial charge in [-0.05, 0) is 37.6 Å². The molecule has 0 aliphatic rings. The summed E-state index contributed by atoms with van der Waals surface area (Å²) in [4.78, 5) is 0. The molecule has 0 atom stereocenters. The minimum Gasteiger partial charge on any atom is -0.494 e. The van der Waals surface area contributed by atoms with Gasteiger partial charge in [0.2, 0.25) is 0 Å². The van der Waals surface area contributed by atoms with Crippen molar-refractivity contribution in [2.24, 2.45) is 0 Å². The molecule has 0 amide bonds. The SMILES string of the molecule is CNC(C)C.Cc1ccc(OCCCn2cc(-c3ccc(C(C)C)cc3)nn2)cc1. The van der Waals surface area contributed by atoms with Crippen LogP contribution in [0.25, 0.3) is 11.3 Å². The Balaban J connectivity index is 0.000000575.